The third kappa shape index (κ3) is 1.92. The summed E-state index contributed by atoms with van der Waals surface area (Å²) in [6.45, 7) is 3.22. The molecule has 0 aliphatic carbocycles. The molecule has 1 aromatic rings. The van der Waals surface area contributed by atoms with Crippen LogP contribution in [0.25, 0.3) is 0 Å². The van der Waals surface area contributed by atoms with Crippen LogP contribution in [0, 0.1) is 9.49 Å². The molecule has 2 aliphatic rings. The zero-order chi connectivity index (χ0) is 12.0. The topological polar surface area (TPSA) is 32.3 Å². The van der Waals surface area contributed by atoms with E-state index in [-0.39, 0.29) is 11.9 Å². The molecule has 4 heteroatoms. The first-order valence-electron chi connectivity index (χ1n) is 6.02. The number of amides is 1. The van der Waals surface area contributed by atoms with Crippen LogP contribution in [0.2, 0.25) is 0 Å². The molecule has 2 aliphatic heterocycles. The highest BCUT2D eigenvalue weighted by Gasteiger charge is 2.36. The molecule has 3 rings (SSSR count). The Balaban J connectivity index is 2.02. The molecule has 0 radical (unpaired) electrons. The second-order valence-electron chi connectivity index (χ2n) is 4.99. The van der Waals surface area contributed by atoms with Gasteiger partial charge in [0.15, 0.2) is 0 Å². The Labute approximate surface area is 115 Å². The van der Waals surface area contributed by atoms with E-state index in [2.05, 4.69) is 51.9 Å². The Hall–Kier alpha value is -0.780. The van der Waals surface area contributed by atoms with Crippen molar-refractivity contribution in [2.24, 2.45) is 5.92 Å². The third-order valence-corrected chi connectivity index (χ3v) is 4.36. The molecule has 0 saturated carbocycles. The van der Waals surface area contributed by atoms with Crippen LogP contribution in [0.15, 0.2) is 18.2 Å². The van der Waals surface area contributed by atoms with E-state index in [9.17, 15) is 4.79 Å². The van der Waals surface area contributed by atoms with Gasteiger partial charge in [-0.2, -0.15) is 0 Å². The largest absolute Gasteiger partial charge is 0.358 e. The summed E-state index contributed by atoms with van der Waals surface area (Å²) >= 11 is 2.27. The molecule has 2 unspecified atom stereocenters. The molecule has 0 spiro atoms. The van der Waals surface area contributed by atoms with E-state index in [0.29, 0.717) is 5.92 Å². The van der Waals surface area contributed by atoms with Crippen LogP contribution in [0.3, 0.4) is 0 Å². The summed E-state index contributed by atoms with van der Waals surface area (Å²) < 4.78 is 1.16. The smallest absolute Gasteiger partial charge is 0.247 e. The lowest BCUT2D eigenvalue weighted by Gasteiger charge is -2.43. The predicted molar refractivity (Wildman–Crippen MR) is 77.3 cm³/mol. The van der Waals surface area contributed by atoms with Crippen molar-refractivity contribution in [3.05, 3.63) is 21.8 Å². The molecule has 3 nitrogen and oxygen atoms in total. The van der Waals surface area contributed by atoms with E-state index in [0.717, 1.165) is 22.2 Å². The van der Waals surface area contributed by atoms with Crippen molar-refractivity contribution in [2.75, 3.05) is 16.8 Å². The highest BCUT2D eigenvalue weighted by atomic mass is 127. The highest BCUT2D eigenvalue weighted by molar-refractivity contribution is 14.1. The zero-order valence-electron chi connectivity index (χ0n) is 9.74. The SMILES string of the molecule is CC1CCN2c3ccc(I)cc3NC(=O)C2C1. The number of rotatable bonds is 0. The minimum atomic E-state index is 0.0336. The minimum Gasteiger partial charge on any atom is -0.358 e. The van der Waals surface area contributed by atoms with Crippen molar-refractivity contribution in [3.63, 3.8) is 0 Å². The Kier molecular flexibility index (Phi) is 2.77. The number of halogens is 1. The molecular formula is C13H15IN2O. The number of carbonyl (C=O) groups is 1. The summed E-state index contributed by atoms with van der Waals surface area (Å²) in [5, 5.41) is 3.04. The number of piperidine rings is 1. The van der Waals surface area contributed by atoms with Crippen molar-refractivity contribution < 1.29 is 4.79 Å². The number of benzene rings is 1. The lowest BCUT2D eigenvalue weighted by Crippen LogP contribution is -2.52. The van der Waals surface area contributed by atoms with E-state index < -0.39 is 0 Å². The monoisotopic (exact) mass is 342 g/mol. The molecule has 1 amide bonds. The van der Waals surface area contributed by atoms with Crippen molar-refractivity contribution in [2.45, 2.75) is 25.8 Å². The van der Waals surface area contributed by atoms with Gasteiger partial charge >= 0.3 is 0 Å². The van der Waals surface area contributed by atoms with Gasteiger partial charge in [0.2, 0.25) is 5.91 Å². The maximum atomic E-state index is 12.1. The number of carbonyl (C=O) groups excluding carboxylic acids is 1. The first kappa shape index (κ1) is 11.3. The molecule has 2 heterocycles. The molecule has 1 N–H and O–H groups in total. The van der Waals surface area contributed by atoms with Crippen molar-refractivity contribution in [1.29, 1.82) is 0 Å². The molecule has 90 valence electrons. The zero-order valence-corrected chi connectivity index (χ0v) is 11.9. The van der Waals surface area contributed by atoms with Crippen molar-refractivity contribution in [3.8, 4) is 0 Å². The summed E-state index contributed by atoms with van der Waals surface area (Å²) in [5.74, 6) is 0.804. The maximum Gasteiger partial charge on any atom is 0.247 e. The standard InChI is InChI=1S/C13H15IN2O/c1-8-4-5-16-11-3-2-9(14)7-10(11)15-13(17)12(16)6-8/h2-3,7-8,12H,4-6H2,1H3,(H,15,17). The van der Waals surface area contributed by atoms with Crippen LogP contribution in [0.1, 0.15) is 19.8 Å². The lowest BCUT2D eigenvalue weighted by molar-refractivity contribution is -0.118. The van der Waals surface area contributed by atoms with Crippen LogP contribution in [0.5, 0.6) is 0 Å². The first-order chi connectivity index (χ1) is 8.15. The number of hydrogen-bond acceptors (Lipinski definition) is 2. The summed E-state index contributed by atoms with van der Waals surface area (Å²) in [6, 6.07) is 6.30. The average molecular weight is 342 g/mol. The van der Waals surface area contributed by atoms with Gasteiger partial charge in [0, 0.05) is 10.1 Å². The van der Waals surface area contributed by atoms with Crippen LogP contribution >= 0.6 is 22.6 Å². The van der Waals surface area contributed by atoms with Gasteiger partial charge in [-0.3, -0.25) is 4.79 Å². The fourth-order valence-corrected chi connectivity index (χ4v) is 3.24. The van der Waals surface area contributed by atoms with E-state index in [1.54, 1.807) is 0 Å². The Bertz CT molecular complexity index is 474. The number of anilines is 2. The fraction of sp³-hybridized carbons (Fsp3) is 0.462. The highest BCUT2D eigenvalue weighted by Crippen LogP contribution is 2.37. The second-order valence-corrected chi connectivity index (χ2v) is 6.24. The average Bonchev–Trinajstić information content (AvgIpc) is 2.29. The van der Waals surface area contributed by atoms with Gasteiger partial charge in [-0.25, -0.2) is 0 Å². The van der Waals surface area contributed by atoms with Gasteiger partial charge in [-0.05, 0) is 59.5 Å². The van der Waals surface area contributed by atoms with Crippen LogP contribution in [-0.2, 0) is 4.79 Å². The van der Waals surface area contributed by atoms with E-state index in [1.165, 1.54) is 12.1 Å². The van der Waals surface area contributed by atoms with Gasteiger partial charge in [0.25, 0.3) is 0 Å². The summed E-state index contributed by atoms with van der Waals surface area (Å²) in [5.41, 5.74) is 2.15. The van der Waals surface area contributed by atoms with Gasteiger partial charge in [-0.15, -0.1) is 0 Å². The molecule has 0 aromatic heterocycles. The summed E-state index contributed by atoms with van der Waals surface area (Å²) in [4.78, 5) is 14.4. The van der Waals surface area contributed by atoms with Gasteiger partial charge in [-0.1, -0.05) is 6.92 Å². The molecule has 17 heavy (non-hydrogen) atoms. The summed E-state index contributed by atoms with van der Waals surface area (Å²) in [6.07, 6.45) is 2.15. The van der Waals surface area contributed by atoms with Crippen molar-refractivity contribution in [1.82, 2.24) is 0 Å². The second kappa shape index (κ2) is 4.15. The number of hydrogen-bond donors (Lipinski definition) is 1. The van der Waals surface area contributed by atoms with Gasteiger partial charge in [0.1, 0.15) is 6.04 Å². The molecule has 1 saturated heterocycles. The number of nitrogens with zero attached hydrogens (tertiary/aromatic N) is 1. The quantitative estimate of drug-likeness (QED) is 0.736. The van der Waals surface area contributed by atoms with Crippen LogP contribution < -0.4 is 10.2 Å². The summed E-state index contributed by atoms with van der Waals surface area (Å²) in [7, 11) is 0. The minimum absolute atomic E-state index is 0.0336. The number of fused-ring (bicyclic) bond motifs is 3. The Morgan fingerprint density at radius 1 is 1.47 bits per heavy atom. The van der Waals surface area contributed by atoms with Gasteiger partial charge < -0.3 is 10.2 Å². The van der Waals surface area contributed by atoms with Crippen LogP contribution in [0.4, 0.5) is 11.4 Å². The molecule has 1 fully saturated rings. The Morgan fingerprint density at radius 3 is 3.12 bits per heavy atom. The Morgan fingerprint density at radius 2 is 2.29 bits per heavy atom. The maximum absolute atomic E-state index is 12.1. The molecular weight excluding hydrogens is 327 g/mol. The lowest BCUT2D eigenvalue weighted by atomic mass is 9.90. The van der Waals surface area contributed by atoms with Crippen molar-refractivity contribution >= 4 is 39.9 Å². The molecule has 1 aromatic carbocycles. The predicted octanol–water partition coefficient (Wildman–Crippen LogP) is 2.85. The van der Waals surface area contributed by atoms with E-state index in [4.69, 9.17) is 0 Å². The van der Waals surface area contributed by atoms with Crippen LogP contribution in [-0.4, -0.2) is 18.5 Å². The van der Waals surface area contributed by atoms with E-state index >= 15 is 0 Å². The molecule has 2 atom stereocenters. The third-order valence-electron chi connectivity index (χ3n) is 3.69. The first-order valence-corrected chi connectivity index (χ1v) is 7.10. The normalized spacial score (nSPS) is 27.2. The number of nitrogens with one attached hydrogen (secondary N) is 1. The van der Waals surface area contributed by atoms with Gasteiger partial charge in [0.05, 0.1) is 11.4 Å². The van der Waals surface area contributed by atoms with E-state index in [1.807, 2.05) is 6.07 Å². The molecule has 0 bridgehead atoms. The fourth-order valence-electron chi connectivity index (χ4n) is 2.75.